The molecule has 0 amide bonds. The summed E-state index contributed by atoms with van der Waals surface area (Å²) in [6.45, 7) is 2.12. The van der Waals surface area contributed by atoms with Crippen LogP contribution in [-0.4, -0.2) is 15.0 Å². The van der Waals surface area contributed by atoms with Crippen LogP contribution in [0.15, 0.2) is 248 Å². The van der Waals surface area contributed by atoms with Gasteiger partial charge in [-0.25, -0.2) is 15.0 Å². The van der Waals surface area contributed by atoms with Gasteiger partial charge >= 0.3 is 0 Å². The van der Waals surface area contributed by atoms with E-state index in [1.807, 2.05) is 0 Å². The summed E-state index contributed by atoms with van der Waals surface area (Å²) in [5, 5.41) is 0. The van der Waals surface area contributed by atoms with Crippen molar-refractivity contribution < 1.29 is 0 Å². The van der Waals surface area contributed by atoms with Crippen LogP contribution in [0.1, 0.15) is 57.3 Å². The molecular weight excluding hydrogens is 763 g/mol. The fraction of sp³-hybridized carbons (Fsp3) is 0.0833. The summed E-state index contributed by atoms with van der Waals surface area (Å²) in [5.41, 5.74) is 12.2. The zero-order chi connectivity index (χ0) is 42.5. The lowest BCUT2D eigenvalue weighted by Gasteiger charge is -2.38. The van der Waals surface area contributed by atoms with Gasteiger partial charge in [0.1, 0.15) is 0 Å². The molecule has 302 valence electrons. The van der Waals surface area contributed by atoms with Crippen molar-refractivity contribution in [3.8, 4) is 34.2 Å². The molecule has 0 spiro atoms. The first kappa shape index (κ1) is 39.4. The second-order valence-electron chi connectivity index (χ2n) is 16.3. The average Bonchev–Trinajstić information content (AvgIpc) is 3.37. The van der Waals surface area contributed by atoms with Gasteiger partial charge in [0.05, 0.1) is 10.8 Å². The molecule has 1 aliphatic carbocycles. The van der Waals surface area contributed by atoms with Crippen molar-refractivity contribution in [2.24, 2.45) is 0 Å². The van der Waals surface area contributed by atoms with E-state index in [9.17, 15) is 0 Å². The summed E-state index contributed by atoms with van der Waals surface area (Å²) < 4.78 is 0. The Morgan fingerprint density at radius 2 is 0.730 bits per heavy atom. The summed E-state index contributed by atoms with van der Waals surface area (Å²) in [4.78, 5) is 16.0. The van der Waals surface area contributed by atoms with Crippen LogP contribution in [0.3, 0.4) is 0 Å². The molecule has 0 saturated heterocycles. The van der Waals surface area contributed by atoms with Crippen LogP contribution in [0.4, 0.5) is 0 Å². The van der Waals surface area contributed by atoms with Crippen LogP contribution in [-0.2, 0) is 10.8 Å². The first-order valence-corrected chi connectivity index (χ1v) is 21.8. The molecule has 0 unspecified atom stereocenters. The molecule has 3 nitrogen and oxygen atoms in total. The van der Waals surface area contributed by atoms with Gasteiger partial charge in [-0.3, -0.25) is 0 Å². The summed E-state index contributed by atoms with van der Waals surface area (Å²) in [6, 6.07) is 80.3. The number of nitrogens with zero attached hydrogens (tertiary/aromatic N) is 3. The lowest BCUT2D eigenvalue weighted by molar-refractivity contribution is 0.730. The van der Waals surface area contributed by atoms with Crippen LogP contribution in [0.5, 0.6) is 0 Å². The zero-order valence-corrected chi connectivity index (χ0v) is 35.3. The maximum atomic E-state index is 5.40. The van der Waals surface area contributed by atoms with E-state index in [1.165, 1.54) is 33.4 Å². The van der Waals surface area contributed by atoms with E-state index >= 15 is 0 Å². The minimum absolute atomic E-state index is 0.575. The quantitative estimate of drug-likeness (QED) is 0.122. The van der Waals surface area contributed by atoms with Crippen LogP contribution in [0, 0.1) is 6.92 Å². The molecule has 1 heterocycles. The predicted octanol–water partition coefficient (Wildman–Crippen LogP) is 14.2. The van der Waals surface area contributed by atoms with Gasteiger partial charge in [0.2, 0.25) is 0 Å². The largest absolute Gasteiger partial charge is 0.208 e. The Hall–Kier alpha value is -7.75. The number of hydrogen-bond donors (Lipinski definition) is 0. The topological polar surface area (TPSA) is 38.7 Å². The molecule has 0 fully saturated rings. The van der Waals surface area contributed by atoms with Crippen LogP contribution in [0.25, 0.3) is 34.2 Å². The first-order chi connectivity index (χ1) is 31.2. The average molecular weight is 810 g/mol. The van der Waals surface area contributed by atoms with Crippen molar-refractivity contribution in [1.82, 2.24) is 15.0 Å². The molecule has 10 rings (SSSR count). The Balaban J connectivity index is 1.20. The predicted molar refractivity (Wildman–Crippen MR) is 258 cm³/mol. The van der Waals surface area contributed by atoms with Gasteiger partial charge in [0.15, 0.2) is 17.5 Å². The number of benzene rings is 8. The van der Waals surface area contributed by atoms with Gasteiger partial charge in [0, 0.05) is 16.7 Å². The highest BCUT2D eigenvalue weighted by Crippen LogP contribution is 2.48. The van der Waals surface area contributed by atoms with Crippen molar-refractivity contribution in [2.75, 3.05) is 0 Å². The van der Waals surface area contributed by atoms with Gasteiger partial charge in [-0.05, 0) is 82.0 Å². The molecule has 0 aliphatic heterocycles. The Morgan fingerprint density at radius 1 is 0.349 bits per heavy atom. The Kier molecular flexibility index (Phi) is 10.8. The second kappa shape index (κ2) is 17.3. The lowest BCUT2D eigenvalue weighted by atomic mass is 9.63. The molecule has 0 atom stereocenters. The summed E-state index contributed by atoms with van der Waals surface area (Å²) in [7, 11) is 0. The Bertz CT molecular complexity index is 2910. The number of allylic oxidation sites excluding steroid dienone is 4. The van der Waals surface area contributed by atoms with Gasteiger partial charge in [-0.1, -0.05) is 231 Å². The first-order valence-electron chi connectivity index (χ1n) is 21.8. The fourth-order valence-corrected chi connectivity index (χ4v) is 9.69. The van der Waals surface area contributed by atoms with Crippen molar-refractivity contribution in [1.29, 1.82) is 0 Å². The van der Waals surface area contributed by atoms with Gasteiger partial charge in [-0.15, -0.1) is 0 Å². The molecule has 0 radical (unpaired) electrons. The molecular formula is C60H47N3. The van der Waals surface area contributed by atoms with E-state index in [-0.39, 0.29) is 0 Å². The van der Waals surface area contributed by atoms with E-state index in [1.54, 1.807) is 0 Å². The van der Waals surface area contributed by atoms with Crippen molar-refractivity contribution >= 4 is 0 Å². The second-order valence-corrected chi connectivity index (χ2v) is 16.3. The van der Waals surface area contributed by atoms with Crippen molar-refractivity contribution in [3.63, 3.8) is 0 Å². The third-order valence-corrected chi connectivity index (χ3v) is 12.6. The summed E-state index contributed by atoms with van der Waals surface area (Å²) >= 11 is 0. The molecule has 1 aromatic heterocycles. The molecule has 3 heteroatoms. The third kappa shape index (κ3) is 7.22. The highest BCUT2D eigenvalue weighted by molar-refractivity contribution is 5.72. The number of aromatic nitrogens is 3. The smallest absolute Gasteiger partial charge is 0.164 e. The van der Waals surface area contributed by atoms with E-state index in [0.717, 1.165) is 46.2 Å². The standard InChI is InChI=1S/C60H47N3/c1-44-24-20-21-41-55(44)58-62-56(45-25-22-39-53(42-45)59(47-27-8-2-9-28-47,48-29-10-3-11-30-48)49-31-12-4-13-32-49)61-57(63-58)46-26-23-40-54(43-46)60(50-33-14-5-15-34-50,51-35-16-6-17-36-51)52-37-18-7-19-38-52/h2-6,8-18,20-43H,7,19H2,1H3. The highest BCUT2D eigenvalue weighted by atomic mass is 15.0. The van der Waals surface area contributed by atoms with Crippen molar-refractivity contribution in [2.45, 2.75) is 30.6 Å². The number of hydrogen-bond acceptors (Lipinski definition) is 3. The highest BCUT2D eigenvalue weighted by Gasteiger charge is 2.40. The van der Waals surface area contributed by atoms with Gasteiger partial charge in [0.25, 0.3) is 0 Å². The summed E-state index contributed by atoms with van der Waals surface area (Å²) in [6.07, 6.45) is 9.06. The molecule has 0 saturated carbocycles. The molecule has 1 aliphatic rings. The molecule has 0 N–H and O–H groups in total. The number of rotatable bonds is 11. The maximum absolute atomic E-state index is 5.40. The van der Waals surface area contributed by atoms with Crippen LogP contribution < -0.4 is 0 Å². The van der Waals surface area contributed by atoms with Crippen LogP contribution >= 0.6 is 0 Å². The molecule has 63 heavy (non-hydrogen) atoms. The lowest BCUT2D eigenvalue weighted by Crippen LogP contribution is -2.32. The van der Waals surface area contributed by atoms with E-state index in [0.29, 0.717) is 17.5 Å². The monoisotopic (exact) mass is 809 g/mol. The zero-order valence-electron chi connectivity index (χ0n) is 35.3. The Morgan fingerprint density at radius 3 is 1.16 bits per heavy atom. The SMILES string of the molecule is Cc1ccccc1-c1nc(-c2cccc(C(C3=CCCC=C3)(c3ccccc3)c3ccccc3)c2)nc(-c2cccc(C(c3ccccc3)(c3ccccc3)c3ccccc3)c2)n1. The molecule has 9 aromatic rings. The number of aryl methyl sites for hydroxylation is 1. The van der Waals surface area contributed by atoms with Crippen LogP contribution in [0.2, 0.25) is 0 Å². The van der Waals surface area contributed by atoms with Crippen molar-refractivity contribution in [3.05, 3.63) is 293 Å². The molecule has 8 aromatic carbocycles. The van der Waals surface area contributed by atoms with E-state index < -0.39 is 10.8 Å². The van der Waals surface area contributed by atoms with Gasteiger partial charge < -0.3 is 0 Å². The fourth-order valence-electron chi connectivity index (χ4n) is 9.69. The van der Waals surface area contributed by atoms with Gasteiger partial charge in [-0.2, -0.15) is 0 Å². The maximum Gasteiger partial charge on any atom is 0.164 e. The summed E-state index contributed by atoms with van der Waals surface area (Å²) in [5.74, 6) is 1.87. The minimum Gasteiger partial charge on any atom is -0.208 e. The van der Waals surface area contributed by atoms with E-state index in [4.69, 9.17) is 15.0 Å². The Labute approximate surface area is 370 Å². The third-order valence-electron chi connectivity index (χ3n) is 12.6. The van der Waals surface area contributed by atoms with E-state index in [2.05, 4.69) is 250 Å². The normalized spacial score (nSPS) is 12.7. The molecule has 0 bridgehead atoms. The minimum atomic E-state index is -0.622.